The maximum Gasteiger partial charge on any atom is 0.251 e. The lowest BCUT2D eigenvalue weighted by Gasteiger charge is -2.08. The zero-order chi connectivity index (χ0) is 19.6. The fourth-order valence-corrected chi connectivity index (χ4v) is 3.85. The zero-order valence-electron chi connectivity index (χ0n) is 15.1. The van der Waals surface area contributed by atoms with E-state index in [1.165, 1.54) is 31.2 Å². The summed E-state index contributed by atoms with van der Waals surface area (Å²) in [6.07, 6.45) is 0.268. The van der Waals surface area contributed by atoms with Crippen LogP contribution in [-0.4, -0.2) is 25.7 Å². The Kier molecular flexibility index (Phi) is 5.25. The molecule has 0 saturated heterocycles. The molecule has 6 nitrogen and oxygen atoms in total. The van der Waals surface area contributed by atoms with E-state index in [1.807, 2.05) is 25.1 Å². The molecule has 3 aromatic rings. The van der Waals surface area contributed by atoms with E-state index >= 15 is 0 Å². The number of aromatic nitrogens is 1. The topological polar surface area (TPSA) is 96.1 Å². The number of aromatic amines is 1. The smallest absolute Gasteiger partial charge is 0.251 e. The Bertz CT molecular complexity index is 1160. The molecule has 0 radical (unpaired) electrons. The van der Waals surface area contributed by atoms with E-state index in [2.05, 4.69) is 9.71 Å². The van der Waals surface area contributed by atoms with Crippen LogP contribution in [0, 0.1) is 6.92 Å². The van der Waals surface area contributed by atoms with Crippen LogP contribution >= 0.6 is 0 Å². The van der Waals surface area contributed by atoms with Gasteiger partial charge in [-0.3, -0.25) is 9.59 Å². The summed E-state index contributed by atoms with van der Waals surface area (Å²) in [7, 11) is -3.71. The molecule has 140 valence electrons. The molecule has 27 heavy (non-hydrogen) atoms. The molecule has 0 aliphatic heterocycles. The highest BCUT2D eigenvalue weighted by molar-refractivity contribution is 7.89. The minimum absolute atomic E-state index is 0.0791. The SMILES string of the molecule is CC(=O)c1ccc(S(=O)(=O)NCCc2cc3ccc(C)cc3[nH]c2=O)cc1. The van der Waals surface area contributed by atoms with Crippen LogP contribution in [0.5, 0.6) is 0 Å². The lowest BCUT2D eigenvalue weighted by Crippen LogP contribution is -2.27. The monoisotopic (exact) mass is 384 g/mol. The summed E-state index contributed by atoms with van der Waals surface area (Å²) in [5, 5.41) is 0.901. The van der Waals surface area contributed by atoms with Gasteiger partial charge in [0.15, 0.2) is 5.78 Å². The minimum Gasteiger partial charge on any atom is -0.322 e. The Balaban J connectivity index is 1.72. The molecule has 0 amide bonds. The lowest BCUT2D eigenvalue weighted by atomic mass is 10.1. The highest BCUT2D eigenvalue weighted by Gasteiger charge is 2.14. The first kappa shape index (κ1) is 19.0. The van der Waals surface area contributed by atoms with Gasteiger partial charge in [-0.05, 0) is 55.5 Å². The number of aryl methyl sites for hydroxylation is 1. The molecule has 0 aliphatic rings. The van der Waals surface area contributed by atoms with Crippen LogP contribution in [0.3, 0.4) is 0 Å². The van der Waals surface area contributed by atoms with Gasteiger partial charge < -0.3 is 4.98 Å². The van der Waals surface area contributed by atoms with Crippen molar-refractivity contribution in [2.45, 2.75) is 25.2 Å². The molecule has 0 bridgehead atoms. The van der Waals surface area contributed by atoms with Crippen molar-refractivity contribution in [1.82, 2.24) is 9.71 Å². The van der Waals surface area contributed by atoms with Gasteiger partial charge in [-0.1, -0.05) is 24.3 Å². The summed E-state index contributed by atoms with van der Waals surface area (Å²) in [6, 6.07) is 13.3. The van der Waals surface area contributed by atoms with Gasteiger partial charge in [0, 0.05) is 23.2 Å². The standard InChI is InChI=1S/C20H20N2O4S/c1-13-3-4-16-12-17(20(24)22-19(16)11-13)9-10-21-27(25,26)18-7-5-15(6-8-18)14(2)23/h3-8,11-12,21H,9-10H2,1-2H3,(H,22,24). The van der Waals surface area contributed by atoms with E-state index < -0.39 is 10.0 Å². The van der Waals surface area contributed by atoms with E-state index in [-0.39, 0.29) is 29.2 Å². The Morgan fingerprint density at radius 3 is 2.44 bits per heavy atom. The summed E-state index contributed by atoms with van der Waals surface area (Å²) in [6.45, 7) is 3.46. The summed E-state index contributed by atoms with van der Waals surface area (Å²) >= 11 is 0. The van der Waals surface area contributed by atoms with Crippen LogP contribution < -0.4 is 10.3 Å². The molecule has 3 rings (SSSR count). The van der Waals surface area contributed by atoms with Gasteiger partial charge in [0.1, 0.15) is 0 Å². The number of benzene rings is 2. The van der Waals surface area contributed by atoms with E-state index in [0.717, 1.165) is 16.5 Å². The molecular weight excluding hydrogens is 364 g/mol. The average Bonchev–Trinajstić information content (AvgIpc) is 2.62. The lowest BCUT2D eigenvalue weighted by molar-refractivity contribution is 0.101. The number of carbonyl (C=O) groups is 1. The predicted octanol–water partition coefficient (Wildman–Crippen LogP) is 2.56. The van der Waals surface area contributed by atoms with E-state index in [0.29, 0.717) is 11.1 Å². The Labute approximate surface area is 157 Å². The van der Waals surface area contributed by atoms with Crippen molar-refractivity contribution in [1.29, 1.82) is 0 Å². The van der Waals surface area contributed by atoms with Crippen LogP contribution in [0.2, 0.25) is 0 Å². The molecule has 0 spiro atoms. The number of sulfonamides is 1. The van der Waals surface area contributed by atoms with Crippen LogP contribution in [-0.2, 0) is 16.4 Å². The van der Waals surface area contributed by atoms with Gasteiger partial charge in [-0.2, -0.15) is 0 Å². The average molecular weight is 384 g/mol. The number of H-pyrrole nitrogens is 1. The van der Waals surface area contributed by atoms with Gasteiger partial charge >= 0.3 is 0 Å². The van der Waals surface area contributed by atoms with Gasteiger partial charge in [0.05, 0.1) is 4.90 Å². The summed E-state index contributed by atoms with van der Waals surface area (Å²) in [4.78, 5) is 26.4. The molecule has 7 heteroatoms. The Morgan fingerprint density at radius 2 is 1.78 bits per heavy atom. The number of Topliss-reactive ketones (excluding diaryl/α,β-unsaturated/α-hetero) is 1. The second-order valence-corrected chi connectivity index (χ2v) is 8.21. The molecule has 0 unspecified atom stereocenters. The van der Waals surface area contributed by atoms with E-state index in [1.54, 1.807) is 6.07 Å². The number of hydrogen-bond donors (Lipinski definition) is 2. The van der Waals surface area contributed by atoms with Gasteiger partial charge in [0.25, 0.3) is 5.56 Å². The van der Waals surface area contributed by atoms with Crippen molar-refractivity contribution in [2.24, 2.45) is 0 Å². The largest absolute Gasteiger partial charge is 0.322 e. The summed E-state index contributed by atoms with van der Waals surface area (Å²) in [5.74, 6) is -0.127. The number of nitrogens with one attached hydrogen (secondary N) is 2. The fourth-order valence-electron chi connectivity index (χ4n) is 2.82. The maximum atomic E-state index is 12.4. The van der Waals surface area contributed by atoms with Crippen molar-refractivity contribution < 1.29 is 13.2 Å². The van der Waals surface area contributed by atoms with E-state index in [9.17, 15) is 18.0 Å². The second kappa shape index (κ2) is 7.46. The van der Waals surface area contributed by atoms with Gasteiger partial charge in [0.2, 0.25) is 10.0 Å². The molecule has 2 aromatic carbocycles. The van der Waals surface area contributed by atoms with Crippen LogP contribution in [0.15, 0.2) is 58.2 Å². The number of pyridine rings is 1. The van der Waals surface area contributed by atoms with Crippen molar-refractivity contribution in [3.8, 4) is 0 Å². The van der Waals surface area contributed by atoms with Crippen molar-refractivity contribution >= 4 is 26.7 Å². The van der Waals surface area contributed by atoms with Crippen molar-refractivity contribution in [3.63, 3.8) is 0 Å². The van der Waals surface area contributed by atoms with E-state index in [4.69, 9.17) is 0 Å². The first-order chi connectivity index (χ1) is 12.8. The third kappa shape index (κ3) is 4.32. The number of rotatable bonds is 6. The first-order valence-electron chi connectivity index (χ1n) is 8.49. The molecule has 2 N–H and O–H groups in total. The number of ketones is 1. The second-order valence-electron chi connectivity index (χ2n) is 6.44. The van der Waals surface area contributed by atoms with Gasteiger partial charge in [-0.25, -0.2) is 13.1 Å². The number of carbonyl (C=O) groups excluding carboxylic acids is 1. The molecule has 0 atom stereocenters. The van der Waals surface area contributed by atoms with Crippen molar-refractivity contribution in [3.05, 3.63) is 75.6 Å². The normalized spacial score (nSPS) is 11.6. The Hall–Kier alpha value is -2.77. The maximum absolute atomic E-state index is 12.4. The molecular formula is C20H20N2O4S. The summed E-state index contributed by atoms with van der Waals surface area (Å²) < 4.78 is 27.2. The number of fused-ring (bicyclic) bond motifs is 1. The molecule has 0 saturated carbocycles. The Morgan fingerprint density at radius 1 is 1.07 bits per heavy atom. The van der Waals surface area contributed by atoms with Crippen LogP contribution in [0.1, 0.15) is 28.4 Å². The highest BCUT2D eigenvalue weighted by Crippen LogP contribution is 2.14. The first-order valence-corrected chi connectivity index (χ1v) is 9.98. The number of hydrogen-bond acceptors (Lipinski definition) is 4. The van der Waals surface area contributed by atoms with Crippen LogP contribution in [0.25, 0.3) is 10.9 Å². The fraction of sp³-hybridized carbons (Fsp3) is 0.200. The molecule has 0 aliphatic carbocycles. The third-order valence-electron chi connectivity index (χ3n) is 4.34. The van der Waals surface area contributed by atoms with Crippen molar-refractivity contribution in [2.75, 3.05) is 6.54 Å². The zero-order valence-corrected chi connectivity index (χ0v) is 15.9. The van der Waals surface area contributed by atoms with Gasteiger partial charge in [-0.15, -0.1) is 0 Å². The minimum atomic E-state index is -3.71. The molecule has 1 aromatic heterocycles. The highest BCUT2D eigenvalue weighted by atomic mass is 32.2. The predicted molar refractivity (Wildman–Crippen MR) is 105 cm³/mol. The third-order valence-corrected chi connectivity index (χ3v) is 5.81. The summed E-state index contributed by atoms with van der Waals surface area (Å²) in [5.41, 5.74) is 2.55. The molecule has 1 heterocycles. The quantitative estimate of drug-likeness (QED) is 0.639. The van der Waals surface area contributed by atoms with Crippen LogP contribution in [0.4, 0.5) is 0 Å². The molecule has 0 fully saturated rings.